The minimum Gasteiger partial charge on any atom is -0.496 e. The third-order valence-corrected chi connectivity index (χ3v) is 3.89. The molecule has 0 aromatic heterocycles. The van der Waals surface area contributed by atoms with Gasteiger partial charge in [0.1, 0.15) is 5.75 Å². The van der Waals surface area contributed by atoms with Gasteiger partial charge in [0.15, 0.2) is 0 Å². The van der Waals surface area contributed by atoms with Gasteiger partial charge in [-0.05, 0) is 30.7 Å². The summed E-state index contributed by atoms with van der Waals surface area (Å²) in [7, 11) is 1.77. The van der Waals surface area contributed by atoms with Crippen LogP contribution >= 0.6 is 0 Å². The normalized spacial score (nSPS) is 19.5. The minimum atomic E-state index is 0.964. The van der Waals surface area contributed by atoms with Gasteiger partial charge in [-0.1, -0.05) is 0 Å². The molecule has 0 atom stereocenters. The number of anilines is 1. The first-order chi connectivity index (χ1) is 8.90. The Bertz CT molecular complexity index is 427. The van der Waals surface area contributed by atoms with Crippen LogP contribution in [0.2, 0.25) is 0 Å². The number of hydrogen-bond donors (Lipinski definition) is 2. The number of ether oxygens (including phenoxy) is 1. The first-order valence-corrected chi connectivity index (χ1v) is 6.75. The molecule has 98 valence electrons. The average Bonchev–Trinajstić information content (AvgIpc) is 2.47. The maximum absolute atomic E-state index is 5.50. The number of fused-ring (bicyclic) bond motifs is 1. The summed E-state index contributed by atoms with van der Waals surface area (Å²) < 4.78 is 5.50. The predicted octanol–water partition coefficient (Wildman–Crippen LogP) is 0.750. The quantitative estimate of drug-likeness (QED) is 0.808. The molecular weight excluding hydrogens is 226 g/mol. The fourth-order valence-corrected chi connectivity index (χ4v) is 2.95. The van der Waals surface area contributed by atoms with Crippen LogP contribution in [0.25, 0.3) is 0 Å². The van der Waals surface area contributed by atoms with Gasteiger partial charge in [-0.15, -0.1) is 0 Å². The average molecular weight is 247 g/mol. The molecule has 1 aromatic carbocycles. The molecule has 2 aliphatic rings. The number of nitrogens with one attached hydrogen (secondary N) is 2. The molecule has 0 bridgehead atoms. The van der Waals surface area contributed by atoms with E-state index < -0.39 is 0 Å². The van der Waals surface area contributed by atoms with Gasteiger partial charge in [-0.2, -0.15) is 0 Å². The van der Waals surface area contributed by atoms with Crippen LogP contribution in [-0.4, -0.2) is 39.8 Å². The highest BCUT2D eigenvalue weighted by atomic mass is 16.5. The molecule has 0 amide bonds. The smallest absolute Gasteiger partial charge is 0.122 e. The van der Waals surface area contributed by atoms with Gasteiger partial charge < -0.3 is 20.3 Å². The van der Waals surface area contributed by atoms with E-state index in [2.05, 4.69) is 27.7 Å². The Hall–Kier alpha value is -1.26. The molecule has 1 fully saturated rings. The summed E-state index contributed by atoms with van der Waals surface area (Å²) >= 11 is 0. The van der Waals surface area contributed by atoms with E-state index in [9.17, 15) is 0 Å². The van der Waals surface area contributed by atoms with E-state index >= 15 is 0 Å². The van der Waals surface area contributed by atoms with Gasteiger partial charge in [-0.25, -0.2) is 0 Å². The van der Waals surface area contributed by atoms with Crippen LogP contribution in [0.4, 0.5) is 5.69 Å². The van der Waals surface area contributed by atoms with Gasteiger partial charge in [0.05, 0.1) is 7.11 Å². The number of benzene rings is 1. The summed E-state index contributed by atoms with van der Waals surface area (Å²) in [5.74, 6) is 1.05. The SMILES string of the molecule is COc1ccc(N2CCNCC2)c2c1CCNC2. The predicted molar refractivity (Wildman–Crippen MR) is 73.5 cm³/mol. The standard InChI is InChI=1S/C14H21N3O/c1-18-14-3-2-13(17-8-6-15-7-9-17)12-10-16-5-4-11(12)14/h2-3,15-16H,4-10H2,1H3. The fraction of sp³-hybridized carbons (Fsp3) is 0.571. The van der Waals surface area contributed by atoms with Crippen LogP contribution in [0.1, 0.15) is 11.1 Å². The lowest BCUT2D eigenvalue weighted by Crippen LogP contribution is -2.44. The molecule has 2 heterocycles. The lowest BCUT2D eigenvalue weighted by atomic mass is 9.97. The summed E-state index contributed by atoms with van der Waals surface area (Å²) in [5.41, 5.74) is 4.22. The number of nitrogens with zero attached hydrogens (tertiary/aromatic N) is 1. The molecule has 0 radical (unpaired) electrons. The maximum Gasteiger partial charge on any atom is 0.122 e. The Balaban J connectivity index is 1.98. The fourth-order valence-electron chi connectivity index (χ4n) is 2.95. The Kier molecular flexibility index (Phi) is 3.39. The number of methoxy groups -OCH3 is 1. The maximum atomic E-state index is 5.50. The van der Waals surface area contributed by atoms with Crippen molar-refractivity contribution in [3.8, 4) is 5.75 Å². The summed E-state index contributed by atoms with van der Waals surface area (Å²) in [6.45, 7) is 6.36. The van der Waals surface area contributed by atoms with Crippen LogP contribution in [-0.2, 0) is 13.0 Å². The van der Waals surface area contributed by atoms with Crippen LogP contribution < -0.4 is 20.3 Å². The molecule has 1 saturated heterocycles. The van der Waals surface area contributed by atoms with Crippen LogP contribution in [0.3, 0.4) is 0 Å². The van der Waals surface area contributed by atoms with Crippen molar-refractivity contribution in [3.05, 3.63) is 23.3 Å². The summed E-state index contributed by atoms with van der Waals surface area (Å²) in [6.07, 6.45) is 1.07. The van der Waals surface area contributed by atoms with Gasteiger partial charge in [-0.3, -0.25) is 0 Å². The third kappa shape index (κ3) is 2.06. The summed E-state index contributed by atoms with van der Waals surface area (Å²) in [4.78, 5) is 2.49. The zero-order chi connectivity index (χ0) is 12.4. The number of piperazine rings is 1. The Morgan fingerprint density at radius 2 is 1.89 bits per heavy atom. The van der Waals surface area contributed by atoms with Crippen LogP contribution in [0.15, 0.2) is 12.1 Å². The number of hydrogen-bond acceptors (Lipinski definition) is 4. The third-order valence-electron chi connectivity index (χ3n) is 3.89. The molecule has 2 N–H and O–H groups in total. The highest BCUT2D eigenvalue weighted by molar-refractivity contribution is 5.62. The van der Waals surface area contributed by atoms with E-state index in [0.29, 0.717) is 0 Å². The minimum absolute atomic E-state index is 0.964. The monoisotopic (exact) mass is 247 g/mol. The van der Waals surface area contributed by atoms with Gasteiger partial charge in [0, 0.05) is 44.0 Å². The lowest BCUT2D eigenvalue weighted by Gasteiger charge is -2.33. The van der Waals surface area contributed by atoms with E-state index in [1.54, 1.807) is 7.11 Å². The molecule has 2 aliphatic heterocycles. The first-order valence-electron chi connectivity index (χ1n) is 6.75. The van der Waals surface area contributed by atoms with Crippen molar-refractivity contribution in [2.45, 2.75) is 13.0 Å². The van der Waals surface area contributed by atoms with Crippen LogP contribution in [0, 0.1) is 0 Å². The largest absolute Gasteiger partial charge is 0.496 e. The van der Waals surface area contributed by atoms with Gasteiger partial charge in [0.25, 0.3) is 0 Å². The zero-order valence-corrected chi connectivity index (χ0v) is 11.0. The molecule has 18 heavy (non-hydrogen) atoms. The van der Waals surface area contributed by atoms with E-state index in [0.717, 1.165) is 51.4 Å². The van der Waals surface area contributed by atoms with E-state index in [1.807, 2.05) is 0 Å². The van der Waals surface area contributed by atoms with Crippen molar-refractivity contribution in [2.24, 2.45) is 0 Å². The van der Waals surface area contributed by atoms with Crippen molar-refractivity contribution in [3.63, 3.8) is 0 Å². The zero-order valence-electron chi connectivity index (χ0n) is 11.0. The second-order valence-corrected chi connectivity index (χ2v) is 4.91. The Morgan fingerprint density at radius 3 is 2.67 bits per heavy atom. The molecule has 4 heteroatoms. The van der Waals surface area contributed by atoms with E-state index in [-0.39, 0.29) is 0 Å². The van der Waals surface area contributed by atoms with Crippen molar-refractivity contribution >= 4 is 5.69 Å². The Labute approximate surface area is 108 Å². The lowest BCUT2D eigenvalue weighted by molar-refractivity contribution is 0.406. The topological polar surface area (TPSA) is 36.5 Å². The molecule has 0 aliphatic carbocycles. The highest BCUT2D eigenvalue weighted by Crippen LogP contribution is 2.33. The summed E-state index contributed by atoms with van der Waals surface area (Å²) in [6, 6.07) is 4.34. The molecule has 4 nitrogen and oxygen atoms in total. The highest BCUT2D eigenvalue weighted by Gasteiger charge is 2.21. The van der Waals surface area contributed by atoms with Crippen molar-refractivity contribution in [2.75, 3.05) is 44.7 Å². The molecule has 3 rings (SSSR count). The van der Waals surface area contributed by atoms with Crippen LogP contribution in [0.5, 0.6) is 5.75 Å². The summed E-state index contributed by atoms with van der Waals surface area (Å²) in [5, 5.41) is 6.88. The second-order valence-electron chi connectivity index (χ2n) is 4.91. The molecule has 1 aromatic rings. The van der Waals surface area contributed by atoms with Crippen molar-refractivity contribution < 1.29 is 4.74 Å². The first kappa shape index (κ1) is 11.8. The second kappa shape index (κ2) is 5.16. The molecular formula is C14H21N3O. The van der Waals surface area contributed by atoms with Gasteiger partial charge in [0.2, 0.25) is 0 Å². The van der Waals surface area contributed by atoms with E-state index in [4.69, 9.17) is 4.74 Å². The molecule has 0 saturated carbocycles. The van der Waals surface area contributed by atoms with Crippen molar-refractivity contribution in [1.82, 2.24) is 10.6 Å². The van der Waals surface area contributed by atoms with Gasteiger partial charge >= 0.3 is 0 Å². The van der Waals surface area contributed by atoms with E-state index in [1.165, 1.54) is 16.8 Å². The molecule has 0 spiro atoms. The molecule has 0 unspecified atom stereocenters. The Morgan fingerprint density at radius 1 is 1.06 bits per heavy atom. The number of rotatable bonds is 2. The van der Waals surface area contributed by atoms with Crippen molar-refractivity contribution in [1.29, 1.82) is 0 Å².